The Morgan fingerprint density at radius 1 is 0.975 bits per heavy atom. The maximum absolute atomic E-state index is 13.0. The van der Waals surface area contributed by atoms with Crippen molar-refractivity contribution < 1.29 is 18.0 Å². The highest BCUT2D eigenvalue weighted by Gasteiger charge is 2.30. The molecule has 2 N–H and O–H groups in total. The summed E-state index contributed by atoms with van der Waals surface area (Å²) in [6, 6.07) is 19.7. The highest BCUT2D eigenvalue weighted by atomic mass is 19.4. The van der Waals surface area contributed by atoms with Gasteiger partial charge in [0.15, 0.2) is 23.1 Å². The van der Waals surface area contributed by atoms with Gasteiger partial charge in [-0.3, -0.25) is 4.79 Å². The number of para-hydroxylation sites is 2. The van der Waals surface area contributed by atoms with Gasteiger partial charge in [-0.25, -0.2) is 19.9 Å². The largest absolute Gasteiger partial charge is 0.416 e. The quantitative estimate of drug-likeness (QED) is 0.232. The van der Waals surface area contributed by atoms with Gasteiger partial charge >= 0.3 is 6.18 Å². The van der Waals surface area contributed by atoms with Gasteiger partial charge < -0.3 is 14.9 Å². The number of carbonyl (C=O) groups excluding carboxylic acids is 1. The molecule has 0 saturated carbocycles. The number of fused-ring (bicyclic) bond motifs is 2. The first-order chi connectivity index (χ1) is 19.2. The number of nitrogens with one attached hydrogen (secondary N) is 2. The first-order valence-corrected chi connectivity index (χ1v) is 12.4. The minimum absolute atomic E-state index is 0.0847. The molecule has 0 amide bonds. The molecule has 0 aliphatic heterocycles. The van der Waals surface area contributed by atoms with E-state index in [9.17, 15) is 18.0 Å². The van der Waals surface area contributed by atoms with Crippen LogP contribution in [0.5, 0.6) is 0 Å². The topological polar surface area (TPSA) is 101 Å². The number of hydrogen-bond acceptors (Lipinski definition) is 6. The third-order valence-corrected chi connectivity index (χ3v) is 6.49. The fourth-order valence-corrected chi connectivity index (χ4v) is 4.44. The lowest BCUT2D eigenvalue weighted by Crippen LogP contribution is -2.07. The molecule has 0 fully saturated rings. The van der Waals surface area contributed by atoms with Crippen LogP contribution in [0.3, 0.4) is 0 Å². The Balaban J connectivity index is 1.39. The van der Waals surface area contributed by atoms with E-state index >= 15 is 0 Å². The summed E-state index contributed by atoms with van der Waals surface area (Å²) in [6.45, 7) is 2.07. The fourth-order valence-electron chi connectivity index (χ4n) is 4.44. The van der Waals surface area contributed by atoms with E-state index in [1.807, 2.05) is 30.3 Å². The second-order valence-corrected chi connectivity index (χ2v) is 9.33. The molecule has 3 aromatic heterocycles. The molecule has 0 aliphatic carbocycles. The Labute approximate surface area is 226 Å². The van der Waals surface area contributed by atoms with Crippen molar-refractivity contribution in [2.45, 2.75) is 26.2 Å². The Bertz CT molecular complexity index is 1820. The van der Waals surface area contributed by atoms with Crippen molar-refractivity contribution in [3.05, 3.63) is 102 Å². The van der Waals surface area contributed by atoms with E-state index in [0.717, 1.165) is 23.2 Å². The standard InChI is InChI=1S/C29H22F3N7O/c1-17(40)19-5-4-6-20(13-19)26-37-27(33-14-24-35-22-7-2-3-8-23(22)36-24)25-28(38-26)39(16-34-25)15-18-9-11-21(12-10-18)29(30,31)32/h2-13,16H,14-15H2,1H3,(H,35,36)(H,33,37,38). The Kier molecular flexibility index (Phi) is 6.25. The van der Waals surface area contributed by atoms with Crippen LogP contribution < -0.4 is 5.32 Å². The number of rotatable bonds is 7. The second kappa shape index (κ2) is 9.92. The Morgan fingerprint density at radius 3 is 2.52 bits per heavy atom. The van der Waals surface area contributed by atoms with E-state index in [1.165, 1.54) is 19.1 Å². The van der Waals surface area contributed by atoms with Gasteiger partial charge in [0.2, 0.25) is 0 Å². The number of halogens is 3. The predicted molar refractivity (Wildman–Crippen MR) is 145 cm³/mol. The summed E-state index contributed by atoms with van der Waals surface area (Å²) in [6.07, 6.45) is -2.82. The molecule has 200 valence electrons. The lowest BCUT2D eigenvalue weighted by atomic mass is 10.1. The number of alkyl halides is 3. The highest BCUT2D eigenvalue weighted by Crippen LogP contribution is 2.30. The number of benzene rings is 3. The molecule has 0 bridgehead atoms. The van der Waals surface area contributed by atoms with E-state index < -0.39 is 11.7 Å². The number of carbonyl (C=O) groups is 1. The summed E-state index contributed by atoms with van der Waals surface area (Å²) in [5.74, 6) is 1.45. The van der Waals surface area contributed by atoms with Crippen molar-refractivity contribution in [1.29, 1.82) is 0 Å². The van der Waals surface area contributed by atoms with Gasteiger partial charge in [0.25, 0.3) is 0 Å². The van der Waals surface area contributed by atoms with Crippen LogP contribution in [0.25, 0.3) is 33.6 Å². The molecule has 40 heavy (non-hydrogen) atoms. The van der Waals surface area contributed by atoms with E-state index in [1.54, 1.807) is 29.1 Å². The molecular weight excluding hydrogens is 519 g/mol. The molecule has 6 aromatic rings. The predicted octanol–water partition coefficient (Wildman–Crippen LogP) is 6.25. The Hall–Kier alpha value is -5.06. The summed E-state index contributed by atoms with van der Waals surface area (Å²) in [5, 5.41) is 3.30. The number of anilines is 1. The molecule has 11 heteroatoms. The van der Waals surface area contributed by atoms with Crippen LogP contribution in [0.4, 0.5) is 19.0 Å². The monoisotopic (exact) mass is 541 g/mol. The number of ketones is 1. The third kappa shape index (κ3) is 5.00. The Morgan fingerprint density at radius 2 is 1.77 bits per heavy atom. The zero-order valence-electron chi connectivity index (χ0n) is 21.2. The first-order valence-electron chi connectivity index (χ1n) is 12.4. The first kappa shape index (κ1) is 25.2. The number of aromatic nitrogens is 6. The lowest BCUT2D eigenvalue weighted by molar-refractivity contribution is -0.137. The van der Waals surface area contributed by atoms with Gasteiger partial charge in [-0.15, -0.1) is 0 Å². The van der Waals surface area contributed by atoms with Crippen molar-refractivity contribution in [3.63, 3.8) is 0 Å². The SMILES string of the molecule is CC(=O)c1cccc(-c2nc(NCc3nc4ccccc4[nH]3)c3ncn(Cc4ccc(C(F)(F)F)cc4)c3n2)c1. The normalized spacial score (nSPS) is 11.8. The minimum Gasteiger partial charge on any atom is -0.361 e. The van der Waals surface area contributed by atoms with Gasteiger partial charge in [-0.05, 0) is 42.8 Å². The number of aromatic amines is 1. The van der Waals surface area contributed by atoms with Crippen LogP contribution in [-0.4, -0.2) is 35.3 Å². The van der Waals surface area contributed by atoms with Gasteiger partial charge in [0.1, 0.15) is 11.3 Å². The fraction of sp³-hybridized carbons (Fsp3) is 0.138. The molecule has 3 aromatic carbocycles. The van der Waals surface area contributed by atoms with Crippen LogP contribution in [0.1, 0.15) is 34.2 Å². The number of imidazole rings is 2. The van der Waals surface area contributed by atoms with Gasteiger partial charge in [-0.1, -0.05) is 42.5 Å². The molecule has 0 saturated heterocycles. The second-order valence-electron chi connectivity index (χ2n) is 9.33. The smallest absolute Gasteiger partial charge is 0.361 e. The maximum Gasteiger partial charge on any atom is 0.416 e. The average molecular weight is 542 g/mol. The van der Waals surface area contributed by atoms with Crippen molar-refractivity contribution >= 4 is 33.8 Å². The summed E-state index contributed by atoms with van der Waals surface area (Å²) in [7, 11) is 0. The van der Waals surface area contributed by atoms with Crippen LogP contribution in [-0.2, 0) is 19.3 Å². The van der Waals surface area contributed by atoms with Crippen LogP contribution >= 0.6 is 0 Å². The lowest BCUT2D eigenvalue weighted by Gasteiger charge is -2.11. The van der Waals surface area contributed by atoms with Crippen molar-refractivity contribution in [1.82, 2.24) is 29.5 Å². The van der Waals surface area contributed by atoms with E-state index in [0.29, 0.717) is 51.9 Å². The molecule has 0 spiro atoms. The third-order valence-electron chi connectivity index (χ3n) is 6.49. The van der Waals surface area contributed by atoms with E-state index in [4.69, 9.17) is 9.97 Å². The minimum atomic E-state index is -4.41. The van der Waals surface area contributed by atoms with Crippen molar-refractivity contribution in [2.24, 2.45) is 0 Å². The maximum atomic E-state index is 13.0. The zero-order valence-corrected chi connectivity index (χ0v) is 21.2. The summed E-state index contributed by atoms with van der Waals surface area (Å²) in [4.78, 5) is 33.9. The number of hydrogen-bond donors (Lipinski definition) is 2. The van der Waals surface area contributed by atoms with Crippen LogP contribution in [0.15, 0.2) is 79.1 Å². The molecule has 8 nitrogen and oxygen atoms in total. The summed E-state index contributed by atoms with van der Waals surface area (Å²) >= 11 is 0. The molecule has 0 unspecified atom stereocenters. The molecule has 3 heterocycles. The van der Waals surface area contributed by atoms with Crippen LogP contribution in [0, 0.1) is 0 Å². The van der Waals surface area contributed by atoms with Crippen molar-refractivity contribution in [3.8, 4) is 11.4 Å². The number of Topliss-reactive ketones (excluding diaryl/α,β-unsaturated/α-hetero) is 1. The van der Waals surface area contributed by atoms with E-state index in [2.05, 4.69) is 20.3 Å². The number of nitrogens with zero attached hydrogens (tertiary/aromatic N) is 5. The van der Waals surface area contributed by atoms with Crippen LogP contribution in [0.2, 0.25) is 0 Å². The molecule has 6 rings (SSSR count). The zero-order chi connectivity index (χ0) is 27.9. The summed E-state index contributed by atoms with van der Waals surface area (Å²) < 4.78 is 40.8. The molecule has 0 aliphatic rings. The van der Waals surface area contributed by atoms with Gasteiger partial charge in [-0.2, -0.15) is 13.2 Å². The van der Waals surface area contributed by atoms with Gasteiger partial charge in [0, 0.05) is 11.1 Å². The molecule has 0 radical (unpaired) electrons. The average Bonchev–Trinajstić information content (AvgIpc) is 3.55. The van der Waals surface area contributed by atoms with Gasteiger partial charge in [0.05, 0.1) is 36.0 Å². The highest BCUT2D eigenvalue weighted by molar-refractivity contribution is 5.95. The van der Waals surface area contributed by atoms with E-state index in [-0.39, 0.29) is 12.3 Å². The number of H-pyrrole nitrogens is 1. The molecule has 0 atom stereocenters. The van der Waals surface area contributed by atoms with Crippen molar-refractivity contribution in [2.75, 3.05) is 5.32 Å². The summed E-state index contributed by atoms with van der Waals surface area (Å²) in [5.41, 5.74) is 3.85. The molecular formula is C29H22F3N7O.